The van der Waals surface area contributed by atoms with Crippen molar-refractivity contribution in [3.8, 4) is 0 Å². The van der Waals surface area contributed by atoms with Gasteiger partial charge in [0.25, 0.3) is 5.91 Å². The molecule has 0 atom stereocenters. The summed E-state index contributed by atoms with van der Waals surface area (Å²) in [6, 6.07) is 7.09. The maximum absolute atomic E-state index is 12.2. The predicted molar refractivity (Wildman–Crippen MR) is 89.8 cm³/mol. The number of fused-ring (bicyclic) bond motifs is 1. The molecule has 3 N–H and O–H groups in total. The van der Waals surface area contributed by atoms with Crippen molar-refractivity contribution in [2.75, 3.05) is 18.5 Å². The third-order valence-electron chi connectivity index (χ3n) is 4.06. The maximum Gasteiger partial charge on any atom is 0.287 e. The van der Waals surface area contributed by atoms with Crippen LogP contribution in [0, 0.1) is 0 Å². The molecule has 21 heavy (non-hydrogen) atoms. The third kappa shape index (κ3) is 3.35. The first-order chi connectivity index (χ1) is 10.0. The van der Waals surface area contributed by atoms with Crippen LogP contribution in [0.25, 0.3) is 11.0 Å². The number of furan rings is 1. The van der Waals surface area contributed by atoms with Gasteiger partial charge in [0.15, 0.2) is 5.76 Å². The molecular weight excluding hydrogens is 284 g/mol. The Morgan fingerprint density at radius 1 is 1.33 bits per heavy atom. The number of nitrogens with one attached hydrogen (secondary N) is 1. The topological polar surface area (TPSA) is 68.3 Å². The number of carbonyl (C=O) groups excluding carboxylic acids is 1. The molecule has 0 fully saturated rings. The van der Waals surface area contributed by atoms with E-state index in [4.69, 9.17) is 10.2 Å². The van der Waals surface area contributed by atoms with E-state index < -0.39 is 0 Å². The zero-order valence-corrected chi connectivity index (χ0v) is 13.5. The molecule has 5 heteroatoms. The van der Waals surface area contributed by atoms with Gasteiger partial charge in [-0.25, -0.2) is 0 Å². The minimum absolute atomic E-state index is 0.0894. The molecule has 0 unspecified atom stereocenters. The molecule has 0 bridgehead atoms. The van der Waals surface area contributed by atoms with E-state index in [2.05, 4.69) is 25.4 Å². The van der Waals surface area contributed by atoms with Gasteiger partial charge < -0.3 is 15.5 Å². The van der Waals surface area contributed by atoms with Gasteiger partial charge in [-0.15, -0.1) is 0 Å². The van der Waals surface area contributed by atoms with Crippen LogP contribution in [-0.2, 0) is 0 Å². The van der Waals surface area contributed by atoms with Gasteiger partial charge in [0.1, 0.15) is 5.58 Å². The maximum atomic E-state index is 12.2. The van der Waals surface area contributed by atoms with Crippen molar-refractivity contribution >= 4 is 34.3 Å². The Labute approximate surface area is 129 Å². The van der Waals surface area contributed by atoms with E-state index in [9.17, 15) is 4.79 Å². The minimum atomic E-state index is -0.176. The van der Waals surface area contributed by atoms with Gasteiger partial charge in [-0.2, -0.15) is 11.8 Å². The van der Waals surface area contributed by atoms with Crippen LogP contribution in [0.4, 0.5) is 5.69 Å². The van der Waals surface area contributed by atoms with Crippen molar-refractivity contribution in [3.63, 3.8) is 0 Å². The largest absolute Gasteiger partial charge is 0.451 e. The van der Waals surface area contributed by atoms with Crippen molar-refractivity contribution in [3.05, 3.63) is 30.0 Å². The molecule has 0 spiro atoms. The average Bonchev–Trinajstić information content (AvgIpc) is 2.92. The fourth-order valence-electron chi connectivity index (χ4n) is 2.36. The van der Waals surface area contributed by atoms with Crippen molar-refractivity contribution in [1.29, 1.82) is 0 Å². The minimum Gasteiger partial charge on any atom is -0.451 e. The Kier molecular flexibility index (Phi) is 4.83. The van der Waals surface area contributed by atoms with Crippen LogP contribution >= 0.6 is 11.8 Å². The lowest BCUT2D eigenvalue weighted by atomic mass is 10.0. The number of hydrogen-bond donors (Lipinski definition) is 2. The highest BCUT2D eigenvalue weighted by atomic mass is 32.2. The lowest BCUT2D eigenvalue weighted by molar-refractivity contribution is 0.0923. The molecule has 0 saturated carbocycles. The second kappa shape index (κ2) is 6.43. The summed E-state index contributed by atoms with van der Waals surface area (Å²) in [5, 5.41) is 3.83. The van der Waals surface area contributed by atoms with E-state index in [0.717, 1.165) is 18.2 Å². The smallest absolute Gasteiger partial charge is 0.287 e. The molecule has 1 aromatic carbocycles. The van der Waals surface area contributed by atoms with Crippen LogP contribution in [0.15, 0.2) is 28.7 Å². The van der Waals surface area contributed by atoms with E-state index in [0.29, 0.717) is 23.6 Å². The predicted octanol–water partition coefficient (Wildman–Crippen LogP) is 3.67. The Morgan fingerprint density at radius 3 is 2.67 bits per heavy atom. The summed E-state index contributed by atoms with van der Waals surface area (Å²) in [5.74, 6) is 0.155. The first-order valence-electron chi connectivity index (χ1n) is 7.16. The van der Waals surface area contributed by atoms with Crippen LogP contribution in [0.1, 0.15) is 37.2 Å². The normalized spacial score (nSPS) is 11.8. The van der Waals surface area contributed by atoms with Gasteiger partial charge in [0.2, 0.25) is 0 Å². The average molecular weight is 306 g/mol. The molecule has 0 aliphatic rings. The second-order valence-corrected chi connectivity index (χ2v) is 6.46. The van der Waals surface area contributed by atoms with Gasteiger partial charge in [-0.3, -0.25) is 4.79 Å². The van der Waals surface area contributed by atoms with Gasteiger partial charge in [0, 0.05) is 22.4 Å². The Bertz CT molecular complexity index is 624. The van der Waals surface area contributed by atoms with Crippen molar-refractivity contribution in [2.24, 2.45) is 0 Å². The van der Waals surface area contributed by atoms with Crippen molar-refractivity contribution < 1.29 is 9.21 Å². The van der Waals surface area contributed by atoms with Crippen LogP contribution in [0.5, 0.6) is 0 Å². The summed E-state index contributed by atoms with van der Waals surface area (Å²) in [7, 11) is 0. The van der Waals surface area contributed by atoms with Crippen LogP contribution in [0.2, 0.25) is 0 Å². The number of nitrogen functional groups attached to an aromatic ring is 1. The Balaban J connectivity index is 2.12. The van der Waals surface area contributed by atoms with Crippen LogP contribution < -0.4 is 11.1 Å². The Morgan fingerprint density at radius 2 is 2.05 bits per heavy atom. The number of amides is 1. The summed E-state index contributed by atoms with van der Waals surface area (Å²) in [6.45, 7) is 4.94. The molecule has 114 valence electrons. The number of carbonyl (C=O) groups is 1. The molecule has 4 nitrogen and oxygen atoms in total. The number of nitrogens with two attached hydrogens (primary N) is 1. The van der Waals surface area contributed by atoms with Gasteiger partial charge in [-0.1, -0.05) is 13.8 Å². The quantitative estimate of drug-likeness (QED) is 0.799. The van der Waals surface area contributed by atoms with Crippen molar-refractivity contribution in [2.45, 2.75) is 31.4 Å². The summed E-state index contributed by atoms with van der Waals surface area (Å²) in [6.07, 6.45) is 4.12. The van der Waals surface area contributed by atoms with E-state index in [1.807, 2.05) is 0 Å². The molecule has 2 rings (SSSR count). The zero-order chi connectivity index (χ0) is 15.5. The summed E-state index contributed by atoms with van der Waals surface area (Å²) in [5.41, 5.74) is 7.07. The molecule has 1 amide bonds. The third-order valence-corrected chi connectivity index (χ3v) is 5.64. The zero-order valence-electron chi connectivity index (χ0n) is 12.7. The first kappa shape index (κ1) is 15.8. The fourth-order valence-corrected chi connectivity index (χ4v) is 3.16. The fraction of sp³-hybridized carbons (Fsp3) is 0.438. The Hall–Kier alpha value is -1.62. The lowest BCUT2D eigenvalue weighted by Crippen LogP contribution is -2.39. The van der Waals surface area contributed by atoms with Crippen LogP contribution in [0.3, 0.4) is 0 Å². The van der Waals surface area contributed by atoms with Crippen molar-refractivity contribution in [1.82, 2.24) is 5.32 Å². The molecule has 0 aliphatic carbocycles. The highest BCUT2D eigenvalue weighted by Gasteiger charge is 2.26. The summed E-state index contributed by atoms with van der Waals surface area (Å²) >= 11 is 1.80. The molecule has 0 aliphatic heterocycles. The highest BCUT2D eigenvalue weighted by Crippen LogP contribution is 2.29. The van der Waals surface area contributed by atoms with Crippen LogP contribution in [-0.4, -0.2) is 23.5 Å². The first-order valence-corrected chi connectivity index (χ1v) is 8.38. The molecule has 0 saturated heterocycles. The monoisotopic (exact) mass is 306 g/mol. The molecular formula is C16H22N2O2S. The lowest BCUT2D eigenvalue weighted by Gasteiger charge is -2.29. The molecule has 2 aromatic rings. The van der Waals surface area contributed by atoms with Gasteiger partial charge in [-0.05, 0) is 43.4 Å². The molecule has 0 radical (unpaired) electrons. The highest BCUT2D eigenvalue weighted by molar-refractivity contribution is 8.00. The summed E-state index contributed by atoms with van der Waals surface area (Å²) < 4.78 is 5.67. The molecule has 1 heterocycles. The second-order valence-electron chi connectivity index (χ2n) is 5.18. The van der Waals surface area contributed by atoms with E-state index in [-0.39, 0.29) is 10.7 Å². The van der Waals surface area contributed by atoms with E-state index in [1.54, 1.807) is 36.0 Å². The standard InChI is InChI=1S/C16H22N2O2S/c1-4-16(5-2,21-3)10-18-15(19)14-9-11-8-12(17)6-7-13(11)20-14/h6-9H,4-5,10,17H2,1-3H3,(H,18,19). The number of thioether (sulfide) groups is 1. The van der Waals surface area contributed by atoms with Gasteiger partial charge in [0.05, 0.1) is 0 Å². The summed E-state index contributed by atoms with van der Waals surface area (Å²) in [4.78, 5) is 12.2. The SMILES string of the molecule is CCC(CC)(CNC(=O)c1cc2cc(N)ccc2o1)SC. The number of hydrogen-bond acceptors (Lipinski definition) is 4. The van der Waals surface area contributed by atoms with E-state index >= 15 is 0 Å². The van der Waals surface area contributed by atoms with E-state index in [1.165, 1.54) is 0 Å². The number of benzene rings is 1. The number of anilines is 1. The number of rotatable bonds is 6. The molecule has 1 aromatic heterocycles. The van der Waals surface area contributed by atoms with Gasteiger partial charge >= 0.3 is 0 Å².